The first-order chi connectivity index (χ1) is 8.53. The average molecular weight is 269 g/mol. The van der Waals surface area contributed by atoms with E-state index in [1.165, 1.54) is 0 Å². The maximum atomic E-state index is 12.4. The van der Waals surface area contributed by atoms with Gasteiger partial charge in [-0.05, 0) is 46.0 Å². The largest absolute Gasteiger partial charge is 0.444 e. The Morgan fingerprint density at radius 1 is 1.26 bits per heavy atom. The molecule has 0 bridgehead atoms. The average Bonchev–Trinajstić information content (AvgIpc) is 2.92. The summed E-state index contributed by atoms with van der Waals surface area (Å²) in [5.41, 5.74) is -0.770. The van der Waals surface area contributed by atoms with Gasteiger partial charge < -0.3 is 10.1 Å². The predicted molar refractivity (Wildman–Crippen MR) is 75.0 cm³/mol. The van der Waals surface area contributed by atoms with Crippen molar-refractivity contribution in [1.82, 2.24) is 5.32 Å². The van der Waals surface area contributed by atoms with Crippen molar-refractivity contribution in [2.75, 3.05) is 0 Å². The fraction of sp³-hybridized carbons (Fsp3) is 0.867. The van der Waals surface area contributed by atoms with Gasteiger partial charge in [0.15, 0.2) is 5.78 Å². The zero-order valence-electron chi connectivity index (χ0n) is 13.0. The molecule has 4 nitrogen and oxygen atoms in total. The highest BCUT2D eigenvalue weighted by Gasteiger charge is 2.47. The number of hydrogen-bond acceptors (Lipinski definition) is 3. The summed E-state index contributed by atoms with van der Waals surface area (Å²) in [6, 6.07) is -0.428. The molecular formula is C15H27NO3. The molecule has 1 aliphatic rings. The molecule has 1 N–H and O–H groups in total. The zero-order valence-corrected chi connectivity index (χ0v) is 13.0. The molecule has 0 aromatic heterocycles. The summed E-state index contributed by atoms with van der Waals surface area (Å²) in [4.78, 5) is 24.2. The van der Waals surface area contributed by atoms with Crippen LogP contribution in [0.5, 0.6) is 0 Å². The summed E-state index contributed by atoms with van der Waals surface area (Å²) in [7, 11) is 0. The lowest BCUT2D eigenvalue weighted by molar-refractivity contribution is -0.126. The van der Waals surface area contributed by atoms with Crippen molar-refractivity contribution in [3.63, 3.8) is 0 Å². The first-order valence-electron chi connectivity index (χ1n) is 7.07. The fourth-order valence-electron chi connectivity index (χ4n) is 2.01. The van der Waals surface area contributed by atoms with Gasteiger partial charge in [0.25, 0.3) is 0 Å². The van der Waals surface area contributed by atoms with E-state index in [1.54, 1.807) is 0 Å². The highest BCUT2D eigenvalue weighted by atomic mass is 16.6. The van der Waals surface area contributed by atoms with Gasteiger partial charge in [0.1, 0.15) is 5.60 Å². The van der Waals surface area contributed by atoms with Crippen LogP contribution in [-0.2, 0) is 9.53 Å². The Bertz CT molecular complexity index is 351. The Hall–Kier alpha value is -1.06. The van der Waals surface area contributed by atoms with Gasteiger partial charge in [-0.25, -0.2) is 4.79 Å². The van der Waals surface area contributed by atoms with Crippen LogP contribution >= 0.6 is 0 Å². The lowest BCUT2D eigenvalue weighted by Crippen LogP contribution is -2.46. The molecular weight excluding hydrogens is 242 g/mol. The van der Waals surface area contributed by atoms with E-state index in [-0.39, 0.29) is 11.2 Å². The highest BCUT2D eigenvalue weighted by molar-refractivity contribution is 5.93. The molecule has 1 amide bonds. The minimum Gasteiger partial charge on any atom is -0.444 e. The number of Topliss-reactive ketones (excluding diaryl/α,β-unsaturated/α-hetero) is 1. The Kier molecular flexibility index (Phi) is 4.64. The van der Waals surface area contributed by atoms with Crippen molar-refractivity contribution < 1.29 is 14.3 Å². The second-order valence-electron chi connectivity index (χ2n) is 7.25. The van der Waals surface area contributed by atoms with Gasteiger partial charge in [0, 0.05) is 5.41 Å². The van der Waals surface area contributed by atoms with Gasteiger partial charge in [-0.1, -0.05) is 20.8 Å². The topological polar surface area (TPSA) is 55.4 Å². The summed E-state index contributed by atoms with van der Waals surface area (Å²) >= 11 is 0. The molecule has 1 aliphatic carbocycles. The van der Waals surface area contributed by atoms with Crippen LogP contribution in [0.3, 0.4) is 0 Å². The molecule has 0 spiro atoms. The van der Waals surface area contributed by atoms with Crippen LogP contribution < -0.4 is 5.32 Å². The molecule has 1 fully saturated rings. The molecule has 110 valence electrons. The van der Waals surface area contributed by atoms with Gasteiger partial charge in [-0.2, -0.15) is 0 Å². The second kappa shape index (κ2) is 5.51. The first kappa shape index (κ1) is 16.0. The van der Waals surface area contributed by atoms with E-state index >= 15 is 0 Å². The zero-order chi connectivity index (χ0) is 14.8. The summed E-state index contributed by atoms with van der Waals surface area (Å²) < 4.78 is 5.23. The third-order valence-electron chi connectivity index (χ3n) is 3.31. The van der Waals surface area contributed by atoms with E-state index in [2.05, 4.69) is 5.32 Å². The molecule has 4 heteroatoms. The van der Waals surface area contributed by atoms with Crippen LogP contribution in [0.25, 0.3) is 0 Å². The van der Waals surface area contributed by atoms with E-state index in [4.69, 9.17) is 4.74 Å². The van der Waals surface area contributed by atoms with Gasteiger partial charge in [-0.3, -0.25) is 4.79 Å². The molecule has 1 saturated carbocycles. The molecule has 0 radical (unpaired) electrons. The third-order valence-corrected chi connectivity index (χ3v) is 3.31. The summed E-state index contributed by atoms with van der Waals surface area (Å²) in [5, 5.41) is 2.74. The molecule has 0 saturated heterocycles. The van der Waals surface area contributed by atoms with Crippen LogP contribution in [0.2, 0.25) is 0 Å². The Morgan fingerprint density at radius 3 is 2.16 bits per heavy atom. The minimum atomic E-state index is -0.543. The van der Waals surface area contributed by atoms with E-state index in [9.17, 15) is 9.59 Å². The van der Waals surface area contributed by atoms with Gasteiger partial charge in [-0.15, -0.1) is 0 Å². The number of ether oxygens (including phenoxy) is 1. The number of hydrogen-bond donors (Lipinski definition) is 1. The molecule has 0 heterocycles. The van der Waals surface area contributed by atoms with E-state index in [0.29, 0.717) is 12.3 Å². The maximum Gasteiger partial charge on any atom is 0.408 e. The van der Waals surface area contributed by atoms with Gasteiger partial charge in [0.2, 0.25) is 0 Å². The first-order valence-corrected chi connectivity index (χ1v) is 7.07. The number of carbonyl (C=O) groups is 2. The van der Waals surface area contributed by atoms with E-state index < -0.39 is 17.7 Å². The number of alkyl carbamates (subject to hydrolysis) is 1. The van der Waals surface area contributed by atoms with Crippen molar-refractivity contribution in [2.24, 2.45) is 11.3 Å². The van der Waals surface area contributed by atoms with Crippen LogP contribution in [0.1, 0.15) is 60.8 Å². The SMILES string of the molecule is CC(C)C[C@H](NC(=O)OC(C)(C)C)C(=O)C1(C)CC1. The summed E-state index contributed by atoms with van der Waals surface area (Å²) in [6.07, 6.45) is 2.01. The van der Waals surface area contributed by atoms with Crippen molar-refractivity contribution in [3.8, 4) is 0 Å². The normalized spacial score (nSPS) is 18.9. The molecule has 19 heavy (non-hydrogen) atoms. The molecule has 0 aromatic carbocycles. The van der Waals surface area contributed by atoms with Crippen molar-refractivity contribution in [1.29, 1.82) is 0 Å². The Balaban J connectivity index is 2.64. The van der Waals surface area contributed by atoms with Crippen molar-refractivity contribution in [2.45, 2.75) is 72.4 Å². The third kappa shape index (κ3) is 5.21. The van der Waals surface area contributed by atoms with Crippen LogP contribution in [0.4, 0.5) is 4.79 Å². The van der Waals surface area contributed by atoms with Crippen molar-refractivity contribution >= 4 is 11.9 Å². The molecule has 0 aliphatic heterocycles. The number of ketones is 1. The quantitative estimate of drug-likeness (QED) is 0.833. The minimum absolute atomic E-state index is 0.145. The van der Waals surface area contributed by atoms with E-state index in [0.717, 1.165) is 12.8 Å². The number of carbonyl (C=O) groups excluding carboxylic acids is 2. The standard InChI is InChI=1S/C15H27NO3/c1-10(2)9-11(12(17)15(6)7-8-15)16-13(18)19-14(3,4)5/h10-11H,7-9H2,1-6H3,(H,16,18)/t11-/m0/s1. The maximum absolute atomic E-state index is 12.4. The summed E-state index contributed by atoms with van der Waals surface area (Å²) in [6.45, 7) is 11.5. The predicted octanol–water partition coefficient (Wildman–Crippen LogP) is 3.30. The summed E-state index contributed by atoms with van der Waals surface area (Å²) in [5.74, 6) is 0.498. The highest BCUT2D eigenvalue weighted by Crippen LogP contribution is 2.47. The Morgan fingerprint density at radius 2 is 1.79 bits per heavy atom. The van der Waals surface area contributed by atoms with Crippen LogP contribution in [-0.4, -0.2) is 23.5 Å². The molecule has 1 atom stereocenters. The number of nitrogens with one attached hydrogen (secondary N) is 1. The molecule has 0 aromatic rings. The molecule has 0 unspecified atom stereocenters. The molecule has 1 rings (SSSR count). The lowest BCUT2D eigenvalue weighted by atomic mass is 9.91. The monoisotopic (exact) mass is 269 g/mol. The Labute approximate surface area is 116 Å². The number of rotatable bonds is 5. The lowest BCUT2D eigenvalue weighted by Gasteiger charge is -2.25. The van der Waals surface area contributed by atoms with Gasteiger partial charge >= 0.3 is 6.09 Å². The number of amides is 1. The van der Waals surface area contributed by atoms with Crippen LogP contribution in [0.15, 0.2) is 0 Å². The second-order valence-corrected chi connectivity index (χ2v) is 7.25. The van der Waals surface area contributed by atoms with E-state index in [1.807, 2.05) is 41.5 Å². The smallest absolute Gasteiger partial charge is 0.408 e. The fourth-order valence-corrected chi connectivity index (χ4v) is 2.01. The van der Waals surface area contributed by atoms with Crippen LogP contribution in [0, 0.1) is 11.3 Å². The van der Waals surface area contributed by atoms with Gasteiger partial charge in [0.05, 0.1) is 6.04 Å². The van der Waals surface area contributed by atoms with Crippen molar-refractivity contribution in [3.05, 3.63) is 0 Å².